The van der Waals surface area contributed by atoms with Crippen LogP contribution in [0.2, 0.25) is 0 Å². The molecule has 4 rings (SSSR count). The van der Waals surface area contributed by atoms with Gasteiger partial charge in [0.2, 0.25) is 11.7 Å². The van der Waals surface area contributed by atoms with Crippen molar-refractivity contribution in [2.24, 2.45) is 0 Å². The van der Waals surface area contributed by atoms with Gasteiger partial charge in [-0.25, -0.2) is 0 Å². The molecule has 110 valence electrons. The molecule has 2 aromatic rings. The molecule has 5 heteroatoms. The van der Waals surface area contributed by atoms with Crippen LogP contribution in [0.4, 0.5) is 0 Å². The van der Waals surface area contributed by atoms with Crippen molar-refractivity contribution in [2.75, 3.05) is 13.2 Å². The summed E-state index contributed by atoms with van der Waals surface area (Å²) in [5.41, 5.74) is 2.23. The smallest absolute Gasteiger partial charge is 0.241 e. The zero-order valence-corrected chi connectivity index (χ0v) is 12.2. The van der Waals surface area contributed by atoms with E-state index in [9.17, 15) is 0 Å². The fraction of sp³-hybridized carbons (Fsp3) is 0.500. The number of hydrogen-bond donors (Lipinski definition) is 0. The van der Waals surface area contributed by atoms with Crippen LogP contribution >= 0.6 is 0 Å². The first-order valence-corrected chi connectivity index (χ1v) is 7.66. The predicted molar refractivity (Wildman–Crippen MR) is 78.0 cm³/mol. The molecular formula is C16H19N3O2. The second-order valence-electron chi connectivity index (χ2n) is 5.73. The van der Waals surface area contributed by atoms with E-state index in [0.717, 1.165) is 37.4 Å². The lowest BCUT2D eigenvalue weighted by atomic mass is 10.1. The van der Waals surface area contributed by atoms with E-state index in [1.165, 1.54) is 18.4 Å². The van der Waals surface area contributed by atoms with Crippen LogP contribution in [0.1, 0.15) is 31.2 Å². The summed E-state index contributed by atoms with van der Waals surface area (Å²) in [5, 5.41) is 4.13. The van der Waals surface area contributed by atoms with E-state index in [1.54, 1.807) is 0 Å². The molecule has 1 aliphatic carbocycles. The van der Waals surface area contributed by atoms with Gasteiger partial charge in [0.25, 0.3) is 0 Å². The summed E-state index contributed by atoms with van der Waals surface area (Å²) in [6, 6.07) is 6.81. The van der Waals surface area contributed by atoms with Gasteiger partial charge in [-0.3, -0.25) is 4.90 Å². The van der Waals surface area contributed by atoms with Crippen molar-refractivity contribution in [2.45, 2.75) is 38.8 Å². The van der Waals surface area contributed by atoms with Crippen LogP contribution in [0.25, 0.3) is 11.4 Å². The molecule has 0 unspecified atom stereocenters. The Balaban J connectivity index is 1.53. The number of nitrogens with zero attached hydrogens (tertiary/aromatic N) is 3. The van der Waals surface area contributed by atoms with Crippen molar-refractivity contribution in [3.05, 3.63) is 29.7 Å². The maximum absolute atomic E-state index is 5.52. The Kier molecular flexibility index (Phi) is 3.15. The number of benzene rings is 1. The molecule has 0 bridgehead atoms. The van der Waals surface area contributed by atoms with Gasteiger partial charge in [0.05, 0.1) is 13.2 Å². The molecule has 0 spiro atoms. The maximum atomic E-state index is 5.52. The summed E-state index contributed by atoms with van der Waals surface area (Å²) >= 11 is 0. The Hall–Kier alpha value is -1.88. The highest BCUT2D eigenvalue weighted by Crippen LogP contribution is 2.30. The SMILES string of the molecule is CCN(Cc1nc(-c2ccc3c(c2)CCO3)no1)C1CC1. The first-order chi connectivity index (χ1) is 10.3. The van der Waals surface area contributed by atoms with Crippen LogP contribution < -0.4 is 4.74 Å². The van der Waals surface area contributed by atoms with E-state index in [-0.39, 0.29) is 0 Å². The second-order valence-corrected chi connectivity index (χ2v) is 5.73. The lowest BCUT2D eigenvalue weighted by Crippen LogP contribution is -2.25. The second kappa shape index (κ2) is 5.15. The first kappa shape index (κ1) is 12.8. The molecule has 0 N–H and O–H groups in total. The van der Waals surface area contributed by atoms with Crippen LogP contribution in [-0.4, -0.2) is 34.2 Å². The molecule has 2 heterocycles. The fourth-order valence-corrected chi connectivity index (χ4v) is 2.87. The van der Waals surface area contributed by atoms with Gasteiger partial charge in [0.15, 0.2) is 0 Å². The third-order valence-corrected chi connectivity index (χ3v) is 4.22. The van der Waals surface area contributed by atoms with E-state index in [1.807, 2.05) is 12.1 Å². The Labute approximate surface area is 123 Å². The third kappa shape index (κ3) is 2.53. The topological polar surface area (TPSA) is 51.4 Å². The van der Waals surface area contributed by atoms with E-state index in [4.69, 9.17) is 9.26 Å². The van der Waals surface area contributed by atoms with E-state index >= 15 is 0 Å². The van der Waals surface area contributed by atoms with E-state index in [0.29, 0.717) is 17.8 Å². The molecule has 0 saturated heterocycles. The minimum atomic E-state index is 0.673. The number of fused-ring (bicyclic) bond motifs is 1. The summed E-state index contributed by atoms with van der Waals surface area (Å²) in [6.07, 6.45) is 3.54. The summed E-state index contributed by atoms with van der Waals surface area (Å²) < 4.78 is 10.9. The summed E-state index contributed by atoms with van der Waals surface area (Å²) in [5.74, 6) is 2.36. The number of hydrogen-bond acceptors (Lipinski definition) is 5. The molecule has 1 saturated carbocycles. The highest BCUT2D eigenvalue weighted by Gasteiger charge is 2.29. The van der Waals surface area contributed by atoms with Crippen molar-refractivity contribution in [3.63, 3.8) is 0 Å². The minimum Gasteiger partial charge on any atom is -0.493 e. The predicted octanol–water partition coefficient (Wildman–Crippen LogP) is 2.66. The summed E-state index contributed by atoms with van der Waals surface area (Å²) in [6.45, 7) is 4.72. The fourth-order valence-electron chi connectivity index (χ4n) is 2.87. The van der Waals surface area contributed by atoms with Gasteiger partial charge in [-0.2, -0.15) is 4.98 Å². The van der Waals surface area contributed by atoms with Crippen LogP contribution in [-0.2, 0) is 13.0 Å². The van der Waals surface area contributed by atoms with Gasteiger partial charge in [-0.15, -0.1) is 0 Å². The minimum absolute atomic E-state index is 0.673. The van der Waals surface area contributed by atoms with Gasteiger partial charge in [0, 0.05) is 18.0 Å². The van der Waals surface area contributed by atoms with Crippen LogP contribution in [0.15, 0.2) is 22.7 Å². The van der Waals surface area contributed by atoms with Crippen molar-refractivity contribution in [1.82, 2.24) is 15.0 Å². The van der Waals surface area contributed by atoms with Crippen LogP contribution in [0.3, 0.4) is 0 Å². The molecule has 1 aliphatic heterocycles. The van der Waals surface area contributed by atoms with Gasteiger partial charge in [-0.05, 0) is 43.1 Å². The Morgan fingerprint density at radius 1 is 1.33 bits per heavy atom. The Bertz CT molecular complexity index is 649. The number of ether oxygens (including phenoxy) is 1. The molecule has 5 nitrogen and oxygen atoms in total. The monoisotopic (exact) mass is 285 g/mol. The lowest BCUT2D eigenvalue weighted by Gasteiger charge is -2.16. The largest absolute Gasteiger partial charge is 0.493 e. The van der Waals surface area contributed by atoms with Gasteiger partial charge in [0.1, 0.15) is 5.75 Å². The summed E-state index contributed by atoms with van der Waals surface area (Å²) in [4.78, 5) is 6.94. The van der Waals surface area contributed by atoms with Gasteiger partial charge in [-0.1, -0.05) is 12.1 Å². The van der Waals surface area contributed by atoms with Crippen molar-refractivity contribution in [1.29, 1.82) is 0 Å². The van der Waals surface area contributed by atoms with Gasteiger partial charge < -0.3 is 9.26 Å². The maximum Gasteiger partial charge on any atom is 0.241 e. The van der Waals surface area contributed by atoms with E-state index in [2.05, 4.69) is 28.0 Å². The van der Waals surface area contributed by atoms with Crippen molar-refractivity contribution < 1.29 is 9.26 Å². The highest BCUT2D eigenvalue weighted by atomic mass is 16.5. The number of aromatic nitrogens is 2. The average molecular weight is 285 g/mol. The average Bonchev–Trinajstić information content (AvgIpc) is 3.07. The van der Waals surface area contributed by atoms with E-state index < -0.39 is 0 Å². The molecule has 21 heavy (non-hydrogen) atoms. The van der Waals surface area contributed by atoms with Crippen LogP contribution in [0.5, 0.6) is 5.75 Å². The molecule has 0 radical (unpaired) electrons. The van der Waals surface area contributed by atoms with Crippen molar-refractivity contribution >= 4 is 0 Å². The van der Waals surface area contributed by atoms with Crippen molar-refractivity contribution in [3.8, 4) is 17.1 Å². The molecule has 1 fully saturated rings. The Morgan fingerprint density at radius 2 is 2.24 bits per heavy atom. The molecule has 1 aromatic heterocycles. The molecule has 1 aromatic carbocycles. The molecular weight excluding hydrogens is 266 g/mol. The first-order valence-electron chi connectivity index (χ1n) is 7.66. The quantitative estimate of drug-likeness (QED) is 0.845. The highest BCUT2D eigenvalue weighted by molar-refractivity contribution is 5.59. The number of rotatable bonds is 5. The molecule has 2 aliphatic rings. The zero-order chi connectivity index (χ0) is 14.2. The van der Waals surface area contributed by atoms with Gasteiger partial charge >= 0.3 is 0 Å². The molecule has 0 amide bonds. The standard InChI is InChI=1S/C16H19N3O2/c1-2-19(13-4-5-13)10-15-17-16(18-21-15)12-3-6-14-11(9-12)7-8-20-14/h3,6,9,13H,2,4-5,7-8,10H2,1H3. The zero-order valence-electron chi connectivity index (χ0n) is 12.2. The molecule has 0 atom stereocenters. The third-order valence-electron chi connectivity index (χ3n) is 4.22. The Morgan fingerprint density at radius 3 is 3.05 bits per heavy atom. The normalized spacial score (nSPS) is 17.0. The lowest BCUT2D eigenvalue weighted by molar-refractivity contribution is 0.227. The summed E-state index contributed by atoms with van der Waals surface area (Å²) in [7, 11) is 0. The van der Waals surface area contributed by atoms with Crippen LogP contribution in [0, 0.1) is 0 Å².